The Balaban J connectivity index is 0.00000324. The maximum atomic E-state index is 10.3. The lowest BCUT2D eigenvalue weighted by Gasteiger charge is -2.31. The van der Waals surface area contributed by atoms with E-state index in [0.29, 0.717) is 6.61 Å². The molecule has 0 saturated heterocycles. The van der Waals surface area contributed by atoms with E-state index in [1.807, 2.05) is 45.9 Å². The van der Waals surface area contributed by atoms with Crippen molar-refractivity contribution in [1.82, 2.24) is 0 Å². The van der Waals surface area contributed by atoms with Crippen LogP contribution in [-0.2, 0) is 0 Å². The molecule has 5 heteroatoms. The number of nitrogens with two attached hydrogens (primary N) is 1. The molecule has 3 nitrogen and oxygen atoms in total. The second-order valence-corrected chi connectivity index (χ2v) is 6.37. The summed E-state index contributed by atoms with van der Waals surface area (Å²) in [7, 11) is 0. The van der Waals surface area contributed by atoms with E-state index >= 15 is 0 Å². The first kappa shape index (κ1) is 18.7. The van der Waals surface area contributed by atoms with Crippen molar-refractivity contribution in [1.29, 1.82) is 0 Å². The molecule has 3 N–H and O–H groups in total. The minimum Gasteiger partial charge on any atom is -0.494 e. The lowest BCUT2D eigenvalue weighted by molar-refractivity contribution is 0.0393. The smallest absolute Gasteiger partial charge is 0.124 e. The molecule has 0 bridgehead atoms. The summed E-state index contributed by atoms with van der Waals surface area (Å²) in [4.78, 5) is 0. The lowest BCUT2D eigenvalue weighted by Crippen LogP contribution is -2.37. The molecule has 0 aliphatic rings. The summed E-state index contributed by atoms with van der Waals surface area (Å²) in [6, 6.07) is 5.22. The lowest BCUT2D eigenvalue weighted by atomic mass is 9.82. The van der Waals surface area contributed by atoms with Gasteiger partial charge in [0.1, 0.15) is 5.75 Å². The van der Waals surface area contributed by atoms with Crippen LogP contribution in [0.1, 0.15) is 39.3 Å². The minimum absolute atomic E-state index is 0. The van der Waals surface area contributed by atoms with Crippen molar-refractivity contribution in [2.24, 2.45) is 11.1 Å². The van der Waals surface area contributed by atoms with Gasteiger partial charge in [-0.25, -0.2) is 0 Å². The Hall–Kier alpha value is -0.290. The van der Waals surface area contributed by atoms with Crippen LogP contribution in [0.25, 0.3) is 0 Å². The molecule has 0 fully saturated rings. The molecule has 19 heavy (non-hydrogen) atoms. The van der Waals surface area contributed by atoms with Crippen molar-refractivity contribution in [2.45, 2.75) is 39.8 Å². The van der Waals surface area contributed by atoms with Crippen molar-refractivity contribution in [3.8, 4) is 5.75 Å². The van der Waals surface area contributed by atoms with Crippen LogP contribution < -0.4 is 10.5 Å². The average molecular weight is 353 g/mol. The Bertz CT molecular complexity index is 407. The average Bonchev–Trinajstić information content (AvgIpc) is 2.28. The van der Waals surface area contributed by atoms with Gasteiger partial charge in [0.25, 0.3) is 0 Å². The Morgan fingerprint density at radius 2 is 1.95 bits per heavy atom. The minimum atomic E-state index is -0.633. The molecule has 1 aromatic rings. The zero-order chi connectivity index (χ0) is 13.9. The molecule has 0 aromatic heterocycles. The highest BCUT2D eigenvalue weighted by Crippen LogP contribution is 2.34. The molecule has 110 valence electrons. The highest BCUT2D eigenvalue weighted by atomic mass is 79.9. The van der Waals surface area contributed by atoms with Gasteiger partial charge in [0.2, 0.25) is 0 Å². The number of aliphatic hydroxyl groups is 1. The Labute approximate surface area is 130 Å². The zero-order valence-corrected chi connectivity index (χ0v) is 14.2. The van der Waals surface area contributed by atoms with Crippen molar-refractivity contribution in [2.75, 3.05) is 6.61 Å². The Morgan fingerprint density at radius 1 is 1.37 bits per heavy atom. The summed E-state index contributed by atoms with van der Waals surface area (Å²) in [5.74, 6) is 0.733. The fourth-order valence-corrected chi connectivity index (χ4v) is 2.15. The first-order chi connectivity index (χ1) is 8.27. The fourth-order valence-electron chi connectivity index (χ4n) is 1.78. The van der Waals surface area contributed by atoms with Gasteiger partial charge in [-0.2, -0.15) is 0 Å². The van der Waals surface area contributed by atoms with E-state index in [9.17, 15) is 5.11 Å². The fraction of sp³-hybridized carbons (Fsp3) is 0.571. The molecule has 0 heterocycles. The van der Waals surface area contributed by atoms with Gasteiger partial charge in [0.05, 0.1) is 18.8 Å². The van der Waals surface area contributed by atoms with Crippen LogP contribution >= 0.6 is 28.3 Å². The van der Waals surface area contributed by atoms with Crippen LogP contribution in [-0.4, -0.2) is 17.8 Å². The first-order valence-corrected chi connectivity index (χ1v) is 6.92. The topological polar surface area (TPSA) is 55.5 Å². The molecular weight excluding hydrogens is 330 g/mol. The number of hydrogen-bond acceptors (Lipinski definition) is 3. The van der Waals surface area contributed by atoms with Gasteiger partial charge in [-0.3, -0.25) is 0 Å². The third-order valence-electron chi connectivity index (χ3n) is 2.86. The van der Waals surface area contributed by atoms with Gasteiger partial charge < -0.3 is 15.6 Å². The molecule has 1 rings (SSSR count). The summed E-state index contributed by atoms with van der Waals surface area (Å²) >= 11 is 3.42. The molecule has 0 saturated carbocycles. The first-order valence-electron chi connectivity index (χ1n) is 6.13. The van der Waals surface area contributed by atoms with Crippen molar-refractivity contribution in [3.63, 3.8) is 0 Å². The van der Waals surface area contributed by atoms with E-state index in [1.54, 1.807) is 0 Å². The summed E-state index contributed by atoms with van der Waals surface area (Å²) in [5.41, 5.74) is 6.73. The molecule has 0 unspecified atom stereocenters. The molecule has 0 radical (unpaired) electrons. The van der Waals surface area contributed by atoms with E-state index < -0.39 is 12.1 Å². The van der Waals surface area contributed by atoms with Crippen LogP contribution in [0.15, 0.2) is 22.7 Å². The van der Waals surface area contributed by atoms with E-state index in [1.165, 1.54) is 0 Å². The van der Waals surface area contributed by atoms with Gasteiger partial charge in [0.15, 0.2) is 0 Å². The molecule has 0 spiro atoms. The number of aliphatic hydroxyl groups excluding tert-OH is 1. The normalized spacial score (nSPS) is 14.5. The van der Waals surface area contributed by atoms with Gasteiger partial charge >= 0.3 is 0 Å². The molecule has 0 aliphatic carbocycles. The molecule has 0 amide bonds. The largest absolute Gasteiger partial charge is 0.494 e. The van der Waals surface area contributed by atoms with Gasteiger partial charge in [-0.1, -0.05) is 36.7 Å². The predicted molar refractivity (Wildman–Crippen MR) is 84.9 cm³/mol. The third kappa shape index (κ3) is 4.95. The second kappa shape index (κ2) is 7.48. The summed E-state index contributed by atoms with van der Waals surface area (Å²) < 4.78 is 6.49. The predicted octanol–water partition coefficient (Wildman–Crippen LogP) is 3.68. The third-order valence-corrected chi connectivity index (χ3v) is 3.35. The highest BCUT2D eigenvalue weighted by molar-refractivity contribution is 9.10. The Kier molecular flexibility index (Phi) is 7.37. The standard InChI is InChI=1S/C14H22BrNO2.ClH/c1-5-18-11-7-6-9(15)8-10(11)12(16)13(17)14(2,3)4;/h6-8,12-13,17H,5,16H2,1-4H3;1H/t12-,13-;/m0./s1. The van der Waals surface area contributed by atoms with E-state index in [4.69, 9.17) is 10.5 Å². The van der Waals surface area contributed by atoms with Crippen molar-refractivity contribution in [3.05, 3.63) is 28.2 Å². The molecule has 2 atom stereocenters. The maximum Gasteiger partial charge on any atom is 0.124 e. The van der Waals surface area contributed by atoms with E-state index in [-0.39, 0.29) is 17.8 Å². The van der Waals surface area contributed by atoms with Crippen molar-refractivity contribution < 1.29 is 9.84 Å². The van der Waals surface area contributed by atoms with Crippen LogP contribution in [0.3, 0.4) is 0 Å². The van der Waals surface area contributed by atoms with Gasteiger partial charge in [-0.15, -0.1) is 12.4 Å². The number of rotatable bonds is 4. The number of hydrogen-bond donors (Lipinski definition) is 2. The van der Waals surface area contributed by atoms with Crippen LogP contribution in [0, 0.1) is 5.41 Å². The van der Waals surface area contributed by atoms with Crippen LogP contribution in [0.4, 0.5) is 0 Å². The van der Waals surface area contributed by atoms with E-state index in [2.05, 4.69) is 15.9 Å². The van der Waals surface area contributed by atoms with Gasteiger partial charge in [0, 0.05) is 10.0 Å². The molecule has 0 aliphatic heterocycles. The monoisotopic (exact) mass is 351 g/mol. The number of halogens is 2. The zero-order valence-electron chi connectivity index (χ0n) is 11.8. The summed E-state index contributed by atoms with van der Waals surface area (Å²) in [5, 5.41) is 10.3. The number of ether oxygens (including phenoxy) is 1. The second-order valence-electron chi connectivity index (χ2n) is 5.45. The summed E-state index contributed by atoms with van der Waals surface area (Å²) in [6.07, 6.45) is -0.633. The molecule has 1 aromatic carbocycles. The quantitative estimate of drug-likeness (QED) is 0.869. The number of benzene rings is 1. The Morgan fingerprint density at radius 3 is 2.42 bits per heavy atom. The van der Waals surface area contributed by atoms with Crippen LogP contribution in [0.5, 0.6) is 5.75 Å². The SMILES string of the molecule is CCOc1ccc(Br)cc1[C@H](N)[C@H](O)C(C)(C)C.Cl. The maximum absolute atomic E-state index is 10.3. The highest BCUT2D eigenvalue weighted by Gasteiger charge is 2.30. The van der Waals surface area contributed by atoms with E-state index in [0.717, 1.165) is 15.8 Å². The molecular formula is C14H23BrClNO2. The van der Waals surface area contributed by atoms with Gasteiger partial charge in [-0.05, 0) is 30.5 Å². The van der Waals surface area contributed by atoms with Crippen LogP contribution in [0.2, 0.25) is 0 Å². The summed E-state index contributed by atoms with van der Waals surface area (Å²) in [6.45, 7) is 8.41. The van der Waals surface area contributed by atoms with Crippen molar-refractivity contribution >= 4 is 28.3 Å².